The van der Waals surface area contributed by atoms with E-state index in [4.69, 9.17) is 9.47 Å². The van der Waals surface area contributed by atoms with Gasteiger partial charge in [-0.05, 0) is 43.7 Å². The maximum absolute atomic E-state index is 13.8. The zero-order chi connectivity index (χ0) is 23.5. The SMILES string of the molecule is COc1ccc(N([C@H](C)c2cccc(C)c2)S(=O)(=O)c2ccc([N+](=O)[O-])cc2)cc1OC. The van der Waals surface area contributed by atoms with Gasteiger partial charge in [0.1, 0.15) is 0 Å². The minimum atomic E-state index is -4.09. The van der Waals surface area contributed by atoms with Gasteiger partial charge in [0.05, 0.1) is 35.8 Å². The summed E-state index contributed by atoms with van der Waals surface area (Å²) in [7, 11) is -1.12. The zero-order valence-electron chi connectivity index (χ0n) is 18.2. The van der Waals surface area contributed by atoms with Gasteiger partial charge in [-0.3, -0.25) is 14.4 Å². The van der Waals surface area contributed by atoms with E-state index >= 15 is 0 Å². The van der Waals surface area contributed by atoms with Crippen LogP contribution in [0.25, 0.3) is 0 Å². The van der Waals surface area contributed by atoms with E-state index in [1.165, 1.54) is 42.8 Å². The Balaban J connectivity index is 2.18. The summed E-state index contributed by atoms with van der Waals surface area (Å²) in [6.45, 7) is 3.72. The average Bonchev–Trinajstić information content (AvgIpc) is 2.78. The molecule has 0 unspecified atom stereocenters. The van der Waals surface area contributed by atoms with Gasteiger partial charge in [-0.2, -0.15) is 0 Å². The maximum Gasteiger partial charge on any atom is 0.269 e. The van der Waals surface area contributed by atoms with Gasteiger partial charge in [-0.25, -0.2) is 8.42 Å². The van der Waals surface area contributed by atoms with Gasteiger partial charge >= 0.3 is 0 Å². The molecule has 0 saturated carbocycles. The lowest BCUT2D eigenvalue weighted by molar-refractivity contribution is -0.384. The number of methoxy groups -OCH3 is 2. The minimum Gasteiger partial charge on any atom is -0.493 e. The highest BCUT2D eigenvalue weighted by atomic mass is 32.2. The number of non-ortho nitro benzene ring substituents is 1. The molecule has 0 fully saturated rings. The number of benzene rings is 3. The molecule has 3 aromatic rings. The molecule has 3 rings (SSSR count). The lowest BCUT2D eigenvalue weighted by Gasteiger charge is -2.31. The molecule has 1 atom stereocenters. The first-order valence-electron chi connectivity index (χ1n) is 9.76. The van der Waals surface area contributed by atoms with Crippen molar-refractivity contribution in [1.82, 2.24) is 0 Å². The standard InChI is InChI=1S/C23H24N2O6S/c1-16-6-5-7-18(14-16)17(2)24(20-10-13-22(30-3)23(15-20)31-4)32(28,29)21-11-8-19(9-12-21)25(26)27/h5-15,17H,1-4H3/t17-/m1/s1. The largest absolute Gasteiger partial charge is 0.493 e. The van der Waals surface area contributed by atoms with E-state index in [0.717, 1.165) is 11.1 Å². The van der Waals surface area contributed by atoms with Gasteiger partial charge in [0.2, 0.25) is 0 Å². The zero-order valence-corrected chi connectivity index (χ0v) is 19.0. The lowest BCUT2D eigenvalue weighted by atomic mass is 10.1. The van der Waals surface area contributed by atoms with Crippen LogP contribution in [0.4, 0.5) is 11.4 Å². The van der Waals surface area contributed by atoms with E-state index in [0.29, 0.717) is 17.2 Å². The molecule has 0 aliphatic heterocycles. The van der Waals surface area contributed by atoms with Crippen LogP contribution in [0.1, 0.15) is 24.1 Å². The van der Waals surface area contributed by atoms with Gasteiger partial charge in [0, 0.05) is 18.2 Å². The molecule has 0 N–H and O–H groups in total. The number of aryl methyl sites for hydroxylation is 1. The number of sulfonamides is 1. The molecule has 0 spiro atoms. The highest BCUT2D eigenvalue weighted by Gasteiger charge is 2.31. The van der Waals surface area contributed by atoms with Crippen LogP contribution in [0.2, 0.25) is 0 Å². The average molecular weight is 457 g/mol. The van der Waals surface area contributed by atoms with Crippen LogP contribution in [-0.2, 0) is 10.0 Å². The maximum atomic E-state index is 13.8. The van der Waals surface area contributed by atoms with E-state index in [1.54, 1.807) is 25.1 Å². The number of nitro benzene ring substituents is 1. The summed E-state index contributed by atoms with van der Waals surface area (Å²) in [5, 5.41) is 11.0. The van der Waals surface area contributed by atoms with Crippen LogP contribution in [0.5, 0.6) is 11.5 Å². The Kier molecular flexibility index (Phi) is 6.69. The molecule has 8 nitrogen and oxygen atoms in total. The van der Waals surface area contributed by atoms with Crippen LogP contribution < -0.4 is 13.8 Å². The first kappa shape index (κ1) is 23.1. The fourth-order valence-corrected chi connectivity index (χ4v) is 5.09. The molecule has 32 heavy (non-hydrogen) atoms. The van der Waals surface area contributed by atoms with Crippen molar-refractivity contribution in [2.24, 2.45) is 0 Å². The first-order valence-corrected chi connectivity index (χ1v) is 11.2. The summed E-state index contributed by atoms with van der Waals surface area (Å²) in [5.41, 5.74) is 1.97. The molecule has 0 aliphatic carbocycles. The smallest absolute Gasteiger partial charge is 0.269 e. The van der Waals surface area contributed by atoms with E-state index in [-0.39, 0.29) is 10.6 Å². The Hall–Kier alpha value is -3.59. The molecule has 168 valence electrons. The normalized spacial score (nSPS) is 12.1. The Morgan fingerprint density at radius 3 is 2.16 bits per heavy atom. The van der Waals surface area contributed by atoms with Crippen LogP contribution in [0.15, 0.2) is 71.6 Å². The second-order valence-corrected chi connectivity index (χ2v) is 9.00. The van der Waals surface area contributed by atoms with Crippen molar-refractivity contribution >= 4 is 21.4 Å². The Labute approximate surface area is 187 Å². The van der Waals surface area contributed by atoms with Crippen molar-refractivity contribution in [2.75, 3.05) is 18.5 Å². The highest BCUT2D eigenvalue weighted by Crippen LogP contribution is 2.38. The van der Waals surface area contributed by atoms with Gasteiger partial charge < -0.3 is 9.47 Å². The van der Waals surface area contributed by atoms with Gasteiger partial charge in [0.25, 0.3) is 15.7 Å². The van der Waals surface area contributed by atoms with Crippen molar-refractivity contribution in [3.8, 4) is 11.5 Å². The summed E-state index contributed by atoms with van der Waals surface area (Å²) < 4.78 is 39.4. The topological polar surface area (TPSA) is 99.0 Å². The number of rotatable bonds is 8. The van der Waals surface area contributed by atoms with Crippen molar-refractivity contribution in [3.05, 3.63) is 88.0 Å². The Bertz CT molecular complexity index is 1230. The third-order valence-corrected chi connectivity index (χ3v) is 7.02. The third-order valence-electron chi connectivity index (χ3n) is 5.10. The third kappa shape index (κ3) is 4.52. The van der Waals surface area contributed by atoms with Crippen LogP contribution in [0, 0.1) is 17.0 Å². The fourth-order valence-electron chi connectivity index (χ4n) is 3.45. The predicted octanol–water partition coefficient (Wildman–Crippen LogP) is 4.88. The quantitative estimate of drug-likeness (QED) is 0.354. The van der Waals surface area contributed by atoms with E-state index in [9.17, 15) is 18.5 Å². The number of anilines is 1. The van der Waals surface area contributed by atoms with E-state index < -0.39 is 21.0 Å². The predicted molar refractivity (Wildman–Crippen MR) is 122 cm³/mol. The monoisotopic (exact) mass is 456 g/mol. The molecule has 0 radical (unpaired) electrons. The molecule has 0 bridgehead atoms. The number of nitro groups is 1. The van der Waals surface area contributed by atoms with Gasteiger partial charge in [0.15, 0.2) is 11.5 Å². The summed E-state index contributed by atoms with van der Waals surface area (Å²) >= 11 is 0. The minimum absolute atomic E-state index is 0.0580. The molecular formula is C23H24N2O6S. The number of hydrogen-bond acceptors (Lipinski definition) is 6. The van der Waals surface area contributed by atoms with E-state index in [1.807, 2.05) is 31.2 Å². The second-order valence-electron chi connectivity index (χ2n) is 7.18. The number of nitrogens with zero attached hydrogens (tertiary/aromatic N) is 2. The Morgan fingerprint density at radius 2 is 1.59 bits per heavy atom. The molecule has 0 aliphatic rings. The number of hydrogen-bond donors (Lipinski definition) is 0. The summed E-state index contributed by atoms with van der Waals surface area (Å²) in [6, 6.07) is 16.7. The van der Waals surface area contributed by atoms with Crippen molar-refractivity contribution in [1.29, 1.82) is 0 Å². The van der Waals surface area contributed by atoms with Crippen LogP contribution >= 0.6 is 0 Å². The molecular weight excluding hydrogens is 432 g/mol. The summed E-state index contributed by atoms with van der Waals surface area (Å²) in [4.78, 5) is 10.4. The Morgan fingerprint density at radius 1 is 0.938 bits per heavy atom. The van der Waals surface area contributed by atoms with Crippen molar-refractivity contribution in [2.45, 2.75) is 24.8 Å². The van der Waals surface area contributed by atoms with Crippen molar-refractivity contribution < 1.29 is 22.8 Å². The summed E-state index contributed by atoms with van der Waals surface area (Å²) in [5.74, 6) is 0.845. The second kappa shape index (κ2) is 9.27. The molecule has 0 heterocycles. The molecule has 0 aromatic heterocycles. The lowest BCUT2D eigenvalue weighted by Crippen LogP contribution is -2.33. The van der Waals surface area contributed by atoms with Crippen LogP contribution in [0.3, 0.4) is 0 Å². The first-order chi connectivity index (χ1) is 15.2. The molecule has 9 heteroatoms. The van der Waals surface area contributed by atoms with Gasteiger partial charge in [-0.1, -0.05) is 29.8 Å². The fraction of sp³-hybridized carbons (Fsp3) is 0.217. The molecule has 3 aromatic carbocycles. The van der Waals surface area contributed by atoms with Gasteiger partial charge in [-0.15, -0.1) is 0 Å². The number of ether oxygens (including phenoxy) is 2. The van der Waals surface area contributed by atoms with Crippen molar-refractivity contribution in [3.63, 3.8) is 0 Å². The van der Waals surface area contributed by atoms with E-state index in [2.05, 4.69) is 0 Å². The van der Waals surface area contributed by atoms with Crippen LogP contribution in [-0.4, -0.2) is 27.6 Å². The molecule has 0 saturated heterocycles. The highest BCUT2D eigenvalue weighted by molar-refractivity contribution is 7.92. The molecule has 0 amide bonds. The summed E-state index contributed by atoms with van der Waals surface area (Å²) in [6.07, 6.45) is 0.